The minimum atomic E-state index is -0.198. The number of aromatic hydroxyl groups is 2. The first-order valence-corrected chi connectivity index (χ1v) is 8.58. The smallest absolute Gasteiger partial charge is 0.170 e. The number of rotatable bonds is 6. The van der Waals surface area contributed by atoms with E-state index in [1.807, 2.05) is 12.1 Å². The normalized spacial score (nSPS) is 15.0. The molecule has 2 aromatic carbocycles. The number of Topliss-reactive ketones (excluding diaryl/α,β-unsaturated/α-hetero) is 1. The summed E-state index contributed by atoms with van der Waals surface area (Å²) in [5.41, 5.74) is 1.44. The monoisotopic (exact) mass is 357 g/mol. The van der Waals surface area contributed by atoms with Gasteiger partial charge in [0.2, 0.25) is 0 Å². The van der Waals surface area contributed by atoms with Crippen molar-refractivity contribution in [3.8, 4) is 17.2 Å². The lowest BCUT2D eigenvalue weighted by atomic mass is 9.99. The highest BCUT2D eigenvalue weighted by Gasteiger charge is 2.21. The maximum absolute atomic E-state index is 12.6. The van der Waals surface area contributed by atoms with E-state index in [2.05, 4.69) is 4.90 Å². The van der Waals surface area contributed by atoms with Crippen LogP contribution in [0.25, 0.3) is 0 Å². The molecule has 1 fully saturated rings. The van der Waals surface area contributed by atoms with Gasteiger partial charge in [-0.05, 0) is 29.8 Å². The number of methoxy groups -OCH3 is 1. The first-order chi connectivity index (χ1) is 12.6. The number of ether oxygens (including phenoxy) is 2. The molecule has 0 aliphatic carbocycles. The number of hydrogen-bond acceptors (Lipinski definition) is 6. The van der Waals surface area contributed by atoms with Crippen molar-refractivity contribution in [2.24, 2.45) is 0 Å². The van der Waals surface area contributed by atoms with Crippen LogP contribution >= 0.6 is 0 Å². The Bertz CT molecular complexity index is 767. The minimum Gasteiger partial charge on any atom is -0.507 e. The molecule has 0 atom stereocenters. The number of carbonyl (C=O) groups is 1. The third-order valence-corrected chi connectivity index (χ3v) is 4.57. The number of ketones is 1. The number of hydrogen-bond donors (Lipinski definition) is 2. The second kappa shape index (κ2) is 8.21. The van der Waals surface area contributed by atoms with Gasteiger partial charge >= 0.3 is 0 Å². The SMILES string of the molecule is COc1ccc(CC(=O)c2ccc(O)c(CN3CCOCC3)c2O)cc1. The van der Waals surface area contributed by atoms with E-state index in [9.17, 15) is 15.0 Å². The zero-order valence-electron chi connectivity index (χ0n) is 14.8. The molecule has 0 bridgehead atoms. The predicted molar refractivity (Wildman–Crippen MR) is 96.9 cm³/mol. The number of carbonyl (C=O) groups excluding carboxylic acids is 1. The molecule has 1 saturated heterocycles. The van der Waals surface area contributed by atoms with Gasteiger partial charge in [0.15, 0.2) is 5.78 Å². The summed E-state index contributed by atoms with van der Waals surface area (Å²) in [4.78, 5) is 14.7. The van der Waals surface area contributed by atoms with E-state index in [0.29, 0.717) is 25.3 Å². The zero-order valence-corrected chi connectivity index (χ0v) is 14.8. The number of phenolic OH excluding ortho intramolecular Hbond substituents is 2. The summed E-state index contributed by atoms with van der Waals surface area (Å²) in [7, 11) is 1.59. The Morgan fingerprint density at radius 3 is 2.46 bits per heavy atom. The van der Waals surface area contributed by atoms with E-state index in [1.165, 1.54) is 12.1 Å². The van der Waals surface area contributed by atoms with Crippen LogP contribution in [-0.2, 0) is 17.7 Å². The molecule has 3 rings (SSSR count). The third kappa shape index (κ3) is 4.15. The van der Waals surface area contributed by atoms with E-state index in [-0.39, 0.29) is 29.3 Å². The molecule has 0 aromatic heterocycles. The van der Waals surface area contributed by atoms with E-state index in [0.717, 1.165) is 24.4 Å². The molecule has 0 unspecified atom stereocenters. The Morgan fingerprint density at radius 2 is 1.81 bits per heavy atom. The van der Waals surface area contributed by atoms with Crippen LogP contribution in [-0.4, -0.2) is 54.3 Å². The number of nitrogens with zero attached hydrogens (tertiary/aromatic N) is 1. The van der Waals surface area contributed by atoms with Crippen molar-refractivity contribution in [2.75, 3.05) is 33.4 Å². The van der Waals surface area contributed by atoms with Crippen molar-refractivity contribution in [3.63, 3.8) is 0 Å². The van der Waals surface area contributed by atoms with Gasteiger partial charge < -0.3 is 19.7 Å². The highest BCUT2D eigenvalue weighted by atomic mass is 16.5. The minimum absolute atomic E-state index is 0.00464. The first-order valence-electron chi connectivity index (χ1n) is 8.58. The van der Waals surface area contributed by atoms with Crippen LogP contribution in [0.3, 0.4) is 0 Å². The van der Waals surface area contributed by atoms with E-state index < -0.39 is 0 Å². The summed E-state index contributed by atoms with van der Waals surface area (Å²) in [5.74, 6) is 0.377. The van der Waals surface area contributed by atoms with Crippen LogP contribution in [0.4, 0.5) is 0 Å². The second-order valence-electron chi connectivity index (χ2n) is 6.30. The van der Waals surface area contributed by atoms with Crippen molar-refractivity contribution < 1.29 is 24.5 Å². The van der Waals surface area contributed by atoms with Crippen molar-refractivity contribution in [1.82, 2.24) is 4.90 Å². The summed E-state index contributed by atoms with van der Waals surface area (Å²) in [5, 5.41) is 20.7. The lowest BCUT2D eigenvalue weighted by Crippen LogP contribution is -2.35. The molecule has 0 spiro atoms. The summed E-state index contributed by atoms with van der Waals surface area (Å²) >= 11 is 0. The van der Waals surface area contributed by atoms with Gasteiger partial charge in [0.25, 0.3) is 0 Å². The Hall–Kier alpha value is -2.57. The predicted octanol–water partition coefficient (Wildman–Crippen LogP) is 2.36. The molecular weight excluding hydrogens is 334 g/mol. The number of phenols is 2. The van der Waals surface area contributed by atoms with Gasteiger partial charge in [0.1, 0.15) is 17.2 Å². The molecule has 26 heavy (non-hydrogen) atoms. The molecule has 6 heteroatoms. The molecule has 0 radical (unpaired) electrons. The van der Waals surface area contributed by atoms with Crippen LogP contribution in [0.5, 0.6) is 17.2 Å². The lowest BCUT2D eigenvalue weighted by Gasteiger charge is -2.27. The van der Waals surface area contributed by atoms with Gasteiger partial charge in [-0.15, -0.1) is 0 Å². The molecule has 138 valence electrons. The Morgan fingerprint density at radius 1 is 1.12 bits per heavy atom. The average molecular weight is 357 g/mol. The van der Waals surface area contributed by atoms with Crippen LogP contribution in [0.1, 0.15) is 21.5 Å². The van der Waals surface area contributed by atoms with Crippen molar-refractivity contribution >= 4 is 5.78 Å². The van der Waals surface area contributed by atoms with E-state index >= 15 is 0 Å². The Balaban J connectivity index is 1.77. The second-order valence-corrected chi connectivity index (χ2v) is 6.30. The topological polar surface area (TPSA) is 79.2 Å². The van der Waals surface area contributed by atoms with Gasteiger partial charge in [0.05, 0.1) is 31.5 Å². The van der Waals surface area contributed by atoms with Gasteiger partial charge in [0, 0.05) is 26.1 Å². The standard InChI is InChI=1S/C20H23NO5/c1-25-15-4-2-14(3-5-15)12-19(23)16-6-7-18(22)17(20(16)24)13-21-8-10-26-11-9-21/h2-7,22,24H,8-13H2,1H3. The van der Waals surface area contributed by atoms with Crippen molar-refractivity contribution in [1.29, 1.82) is 0 Å². The van der Waals surface area contributed by atoms with E-state index in [1.54, 1.807) is 19.2 Å². The fourth-order valence-corrected chi connectivity index (χ4v) is 3.01. The summed E-state index contributed by atoms with van der Waals surface area (Å²) < 4.78 is 10.4. The Labute approximate surface area is 152 Å². The van der Waals surface area contributed by atoms with Crippen LogP contribution in [0.15, 0.2) is 36.4 Å². The molecular formula is C20H23NO5. The summed E-state index contributed by atoms with van der Waals surface area (Å²) in [6.45, 7) is 3.08. The number of morpholine rings is 1. The summed E-state index contributed by atoms with van der Waals surface area (Å²) in [6, 6.07) is 10.2. The largest absolute Gasteiger partial charge is 0.507 e. The van der Waals surface area contributed by atoms with Gasteiger partial charge in [-0.3, -0.25) is 9.69 Å². The highest BCUT2D eigenvalue weighted by Crippen LogP contribution is 2.32. The molecule has 1 aliphatic rings. The van der Waals surface area contributed by atoms with Gasteiger partial charge in [-0.25, -0.2) is 0 Å². The van der Waals surface area contributed by atoms with Gasteiger partial charge in [-0.2, -0.15) is 0 Å². The fourth-order valence-electron chi connectivity index (χ4n) is 3.01. The number of benzene rings is 2. The average Bonchev–Trinajstić information content (AvgIpc) is 2.66. The molecule has 6 nitrogen and oxygen atoms in total. The maximum Gasteiger partial charge on any atom is 0.170 e. The van der Waals surface area contributed by atoms with Crippen molar-refractivity contribution in [2.45, 2.75) is 13.0 Å². The lowest BCUT2D eigenvalue weighted by molar-refractivity contribution is 0.0335. The molecule has 2 aromatic rings. The Kier molecular flexibility index (Phi) is 5.75. The molecule has 0 amide bonds. The quantitative estimate of drug-likeness (QED) is 0.773. The molecule has 1 heterocycles. The van der Waals surface area contributed by atoms with E-state index in [4.69, 9.17) is 9.47 Å². The van der Waals surface area contributed by atoms with Crippen LogP contribution < -0.4 is 4.74 Å². The van der Waals surface area contributed by atoms with Crippen molar-refractivity contribution in [3.05, 3.63) is 53.1 Å². The fraction of sp³-hybridized carbons (Fsp3) is 0.350. The highest BCUT2D eigenvalue weighted by molar-refractivity contribution is 6.00. The molecule has 2 N–H and O–H groups in total. The molecule has 0 saturated carbocycles. The van der Waals surface area contributed by atoms with Gasteiger partial charge in [-0.1, -0.05) is 12.1 Å². The van der Waals surface area contributed by atoms with Crippen LogP contribution in [0, 0.1) is 0 Å². The maximum atomic E-state index is 12.6. The molecule has 1 aliphatic heterocycles. The van der Waals surface area contributed by atoms with Crippen LogP contribution in [0.2, 0.25) is 0 Å². The summed E-state index contributed by atoms with van der Waals surface area (Å²) in [6.07, 6.45) is 0.166. The first kappa shape index (κ1) is 18.2. The third-order valence-electron chi connectivity index (χ3n) is 4.57. The zero-order chi connectivity index (χ0) is 18.5.